The van der Waals surface area contributed by atoms with E-state index in [-0.39, 0.29) is 5.92 Å². The number of benzene rings is 14. The van der Waals surface area contributed by atoms with E-state index in [2.05, 4.69) is 323 Å². The molecular weight excluding hydrogens is 1090 g/mol. The molecule has 3 heteroatoms. The molecule has 0 saturated heterocycles. The van der Waals surface area contributed by atoms with E-state index in [1.54, 1.807) is 0 Å². The average Bonchev–Trinajstić information content (AvgIpc) is 0.749. The number of amidine groups is 1. The molecule has 0 saturated carbocycles. The normalized spacial score (nSPS) is 12.1. The van der Waals surface area contributed by atoms with Gasteiger partial charge in [-0.2, -0.15) is 0 Å². The molecule has 14 aromatic rings. The van der Waals surface area contributed by atoms with E-state index >= 15 is 0 Å². The van der Waals surface area contributed by atoms with Crippen molar-refractivity contribution in [2.75, 3.05) is 0 Å². The smallest absolute Gasteiger partial charge is 0.131 e. The third kappa shape index (κ3) is 11.9. The van der Waals surface area contributed by atoms with Crippen LogP contribution in [0.5, 0.6) is 0 Å². The molecule has 2 N–H and O–H groups in total. The third-order valence-corrected chi connectivity index (χ3v) is 17.6. The molecule has 430 valence electrons. The zero-order chi connectivity index (χ0) is 60.8. The first kappa shape index (κ1) is 56.5. The Hall–Kier alpha value is -11.3. The zero-order valence-corrected chi connectivity index (χ0v) is 50.6. The summed E-state index contributed by atoms with van der Waals surface area (Å²) < 4.78 is 0. The number of rotatable bonds is 16. The van der Waals surface area contributed by atoms with Gasteiger partial charge in [0.1, 0.15) is 5.84 Å². The largest absolute Gasteiger partial charge is 0.383 e. The summed E-state index contributed by atoms with van der Waals surface area (Å²) in [6.07, 6.45) is 1.72. The molecule has 90 heavy (non-hydrogen) atoms. The molecule has 3 nitrogen and oxygen atoms in total. The van der Waals surface area contributed by atoms with Crippen molar-refractivity contribution < 1.29 is 0 Å². The SMILES string of the molecule is CCC(c1ccccc1)c1ccccc1N=C(C)c1ccc2c(-c3cc(-c4ccccc4)cc(-c4ccccc4)c3)c3cc(-c4ccc(C(N)=Nc5ccccc5Cc5ccccc5)cc4)ccc3c(-c3cc(-c4ccccc4)cc(-c4ccccc4)c3)c2c1. The van der Waals surface area contributed by atoms with Crippen LogP contribution in [-0.4, -0.2) is 11.5 Å². The molecule has 14 aromatic carbocycles. The lowest BCUT2D eigenvalue weighted by atomic mass is 9.82. The highest BCUT2D eigenvalue weighted by Crippen LogP contribution is 2.48. The predicted molar refractivity (Wildman–Crippen MR) is 382 cm³/mol. The molecule has 0 amide bonds. The maximum Gasteiger partial charge on any atom is 0.131 e. The summed E-state index contributed by atoms with van der Waals surface area (Å²) >= 11 is 0. The maximum absolute atomic E-state index is 6.92. The Morgan fingerprint density at radius 2 is 0.722 bits per heavy atom. The van der Waals surface area contributed by atoms with Gasteiger partial charge in [-0.3, -0.25) is 4.99 Å². The van der Waals surface area contributed by atoms with Crippen LogP contribution in [0.1, 0.15) is 59.6 Å². The lowest BCUT2D eigenvalue weighted by molar-refractivity contribution is 0.778. The average molecular weight is 1150 g/mol. The fraction of sp³-hybridized carbons (Fsp3) is 0.0575. The first-order chi connectivity index (χ1) is 44.4. The van der Waals surface area contributed by atoms with Crippen molar-refractivity contribution in [1.29, 1.82) is 0 Å². The second-order valence-electron chi connectivity index (χ2n) is 23.3. The first-order valence-electron chi connectivity index (χ1n) is 31.2. The van der Waals surface area contributed by atoms with E-state index in [1.807, 2.05) is 18.2 Å². The van der Waals surface area contributed by atoms with Gasteiger partial charge in [-0.15, -0.1) is 0 Å². The number of fused-ring (bicyclic) bond motifs is 2. The van der Waals surface area contributed by atoms with Crippen molar-refractivity contribution in [1.82, 2.24) is 0 Å². The third-order valence-electron chi connectivity index (χ3n) is 17.6. The van der Waals surface area contributed by atoms with Crippen molar-refractivity contribution in [3.05, 3.63) is 361 Å². The van der Waals surface area contributed by atoms with Crippen LogP contribution in [0.15, 0.2) is 338 Å². The van der Waals surface area contributed by atoms with Gasteiger partial charge in [-0.25, -0.2) is 4.99 Å². The minimum atomic E-state index is 0.201. The number of hydrogen-bond acceptors (Lipinski definition) is 2. The minimum Gasteiger partial charge on any atom is -0.383 e. The molecule has 0 bridgehead atoms. The number of hydrogen-bond donors (Lipinski definition) is 1. The number of nitrogens with two attached hydrogens (primary N) is 1. The predicted octanol–water partition coefficient (Wildman–Crippen LogP) is 23.0. The lowest BCUT2D eigenvalue weighted by Gasteiger charge is -2.22. The van der Waals surface area contributed by atoms with E-state index in [4.69, 9.17) is 15.7 Å². The minimum absolute atomic E-state index is 0.201. The molecular formula is C87H67N3. The molecule has 14 rings (SSSR count). The molecule has 0 aliphatic rings. The van der Waals surface area contributed by atoms with Crippen LogP contribution in [0.25, 0.3) is 99.4 Å². The second-order valence-corrected chi connectivity index (χ2v) is 23.3. The number of nitrogens with zero attached hydrogens (tertiary/aromatic N) is 2. The number of aliphatic imine (C=N–C) groups is 2. The molecule has 1 unspecified atom stereocenters. The van der Waals surface area contributed by atoms with Gasteiger partial charge in [0.15, 0.2) is 0 Å². The lowest BCUT2D eigenvalue weighted by Crippen LogP contribution is -2.12. The number of para-hydroxylation sites is 2. The van der Waals surface area contributed by atoms with Crippen molar-refractivity contribution in [3.63, 3.8) is 0 Å². The maximum atomic E-state index is 6.92. The van der Waals surface area contributed by atoms with Crippen molar-refractivity contribution >= 4 is 44.5 Å². The van der Waals surface area contributed by atoms with Crippen LogP contribution < -0.4 is 5.73 Å². The fourth-order valence-corrected chi connectivity index (χ4v) is 13.1. The highest BCUT2D eigenvalue weighted by Gasteiger charge is 2.23. The van der Waals surface area contributed by atoms with Gasteiger partial charge in [0.25, 0.3) is 0 Å². The first-order valence-corrected chi connectivity index (χ1v) is 31.2. The second kappa shape index (κ2) is 25.6. The highest BCUT2D eigenvalue weighted by molar-refractivity contribution is 6.23. The molecule has 0 aromatic heterocycles. The zero-order valence-electron chi connectivity index (χ0n) is 50.6. The van der Waals surface area contributed by atoms with Crippen LogP contribution in [-0.2, 0) is 6.42 Å². The monoisotopic (exact) mass is 1150 g/mol. The van der Waals surface area contributed by atoms with Gasteiger partial charge in [-0.05, 0) is 208 Å². The van der Waals surface area contributed by atoms with E-state index in [9.17, 15) is 0 Å². The Bertz CT molecular complexity index is 4810. The summed E-state index contributed by atoms with van der Waals surface area (Å²) in [5.41, 5.74) is 32.5. The quantitative estimate of drug-likeness (QED) is 0.0585. The van der Waals surface area contributed by atoms with Gasteiger partial charge in [0.05, 0.1) is 11.4 Å². The Labute approximate surface area is 528 Å². The van der Waals surface area contributed by atoms with Gasteiger partial charge in [-0.1, -0.05) is 274 Å². The van der Waals surface area contributed by atoms with Gasteiger partial charge in [0.2, 0.25) is 0 Å². The fourth-order valence-electron chi connectivity index (χ4n) is 13.1. The summed E-state index contributed by atoms with van der Waals surface area (Å²) in [5.74, 6) is 0.674. The van der Waals surface area contributed by atoms with Crippen LogP contribution in [0.4, 0.5) is 11.4 Å². The molecule has 0 heterocycles. The Kier molecular flexibility index (Phi) is 16.1. The highest BCUT2D eigenvalue weighted by atomic mass is 14.9. The Morgan fingerprint density at radius 3 is 1.24 bits per heavy atom. The standard InChI is InChI=1S/C87H67N3/c1-3-77(66-36-20-9-21-37-66)78-39-23-25-41-84(78)89-59(2)68-46-48-79-81(57-68)85(75-53-71(61-28-12-5-13-29-61)51-72(54-75)62-30-14-6-15-31-62)80-49-47-69(65-42-44-67(45-43-65)87(88)90-83-40-24-22-38-70(83)50-60-26-10-4-11-27-60)58-82(80)86(79)76-55-73(63-32-16-7-17-33-63)52-74(56-76)64-34-18-8-19-35-64/h4-49,51-58,77H,3,50H2,1-2H3,(H2,88,90). The van der Waals surface area contributed by atoms with E-state index in [0.717, 1.165) is 146 Å². The van der Waals surface area contributed by atoms with Gasteiger partial charge < -0.3 is 5.73 Å². The Balaban J connectivity index is 1.01. The van der Waals surface area contributed by atoms with Crippen molar-refractivity contribution in [3.8, 4) is 77.9 Å². The molecule has 0 aliphatic heterocycles. The van der Waals surface area contributed by atoms with E-state index < -0.39 is 0 Å². The summed E-state index contributed by atoms with van der Waals surface area (Å²) in [6, 6.07) is 119. The summed E-state index contributed by atoms with van der Waals surface area (Å²) in [4.78, 5) is 10.6. The van der Waals surface area contributed by atoms with Crippen molar-refractivity contribution in [2.24, 2.45) is 15.7 Å². The van der Waals surface area contributed by atoms with Crippen LogP contribution in [0.3, 0.4) is 0 Å². The summed E-state index contributed by atoms with van der Waals surface area (Å²) in [6.45, 7) is 4.44. The molecule has 0 radical (unpaired) electrons. The topological polar surface area (TPSA) is 50.7 Å². The molecule has 0 aliphatic carbocycles. The van der Waals surface area contributed by atoms with E-state index in [1.165, 1.54) is 16.7 Å². The van der Waals surface area contributed by atoms with Crippen LogP contribution in [0.2, 0.25) is 0 Å². The molecule has 0 fully saturated rings. The Morgan fingerprint density at radius 1 is 0.322 bits per heavy atom. The van der Waals surface area contributed by atoms with Crippen LogP contribution >= 0.6 is 0 Å². The molecule has 0 spiro atoms. The van der Waals surface area contributed by atoms with Crippen molar-refractivity contribution in [2.45, 2.75) is 32.6 Å². The summed E-state index contributed by atoms with van der Waals surface area (Å²) in [5, 5.41) is 4.57. The van der Waals surface area contributed by atoms with Crippen LogP contribution in [0, 0.1) is 0 Å². The van der Waals surface area contributed by atoms with E-state index in [0.29, 0.717) is 5.84 Å². The van der Waals surface area contributed by atoms with Gasteiger partial charge >= 0.3 is 0 Å². The molecule has 1 atom stereocenters. The summed E-state index contributed by atoms with van der Waals surface area (Å²) in [7, 11) is 0. The van der Waals surface area contributed by atoms with Gasteiger partial charge in [0, 0.05) is 17.2 Å².